The first-order valence-corrected chi connectivity index (χ1v) is 6.14. The van der Waals surface area contributed by atoms with Gasteiger partial charge in [0.05, 0.1) is 11.4 Å². The van der Waals surface area contributed by atoms with Gasteiger partial charge < -0.3 is 5.21 Å². The molecule has 0 aliphatic rings. The smallest absolute Gasteiger partial charge is 0.240 e. The Morgan fingerprint density at radius 3 is 2.35 bits per heavy atom. The molecule has 0 aromatic heterocycles. The Hall–Kier alpha value is -1.39. The molecule has 0 atom stereocenters. The van der Waals surface area contributed by atoms with Gasteiger partial charge in [-0.1, -0.05) is 37.8 Å². The second kappa shape index (κ2) is 9.81. The van der Waals surface area contributed by atoms with Crippen LogP contribution in [-0.2, 0) is 4.79 Å². The molecule has 1 amide bonds. The monoisotopic (exact) mass is 241 g/mol. The van der Waals surface area contributed by atoms with Crippen molar-refractivity contribution in [1.29, 1.82) is 0 Å². The predicted octanol–water partition coefficient (Wildman–Crippen LogP) is 2.69. The van der Waals surface area contributed by atoms with Gasteiger partial charge in [-0.2, -0.15) is 5.10 Å². The molecule has 0 aliphatic heterocycles. The van der Waals surface area contributed by atoms with E-state index in [1.54, 1.807) is 13.8 Å². The number of amides is 1. The maximum atomic E-state index is 11.4. The summed E-state index contributed by atoms with van der Waals surface area (Å²) in [6.45, 7) is 5.46. The lowest BCUT2D eigenvalue weighted by Gasteiger charge is -2.01. The highest BCUT2D eigenvalue weighted by Gasteiger charge is 2.01. The maximum absolute atomic E-state index is 11.4. The van der Waals surface area contributed by atoms with Gasteiger partial charge in [0, 0.05) is 6.42 Å². The summed E-state index contributed by atoms with van der Waals surface area (Å²) < 4.78 is 0. The number of hydrogen-bond acceptors (Lipinski definition) is 4. The fourth-order valence-electron chi connectivity index (χ4n) is 1.24. The van der Waals surface area contributed by atoms with Gasteiger partial charge in [0.25, 0.3) is 0 Å². The van der Waals surface area contributed by atoms with Crippen LogP contribution in [0.5, 0.6) is 0 Å². The lowest BCUT2D eigenvalue weighted by Crippen LogP contribution is -2.20. The van der Waals surface area contributed by atoms with Gasteiger partial charge in [-0.25, -0.2) is 5.43 Å². The standard InChI is InChI=1S/C12H23N3O2/c1-4-5-6-7-8-9-12(16)14-13-10(2)11(3)15-17/h17H,4-9H2,1-3H3,(H,14,16)/b13-10+,15-11+. The van der Waals surface area contributed by atoms with E-state index in [-0.39, 0.29) is 5.91 Å². The van der Waals surface area contributed by atoms with Crippen LogP contribution in [0.25, 0.3) is 0 Å². The minimum atomic E-state index is -0.0911. The molecule has 98 valence electrons. The van der Waals surface area contributed by atoms with Crippen molar-refractivity contribution in [3.63, 3.8) is 0 Å². The normalized spacial score (nSPS) is 12.6. The van der Waals surface area contributed by atoms with Crippen molar-refractivity contribution in [2.24, 2.45) is 10.3 Å². The van der Waals surface area contributed by atoms with Crippen molar-refractivity contribution in [3.8, 4) is 0 Å². The Labute approximate surface area is 103 Å². The largest absolute Gasteiger partial charge is 0.411 e. The van der Waals surface area contributed by atoms with E-state index < -0.39 is 0 Å². The number of hydrazone groups is 1. The molecular formula is C12H23N3O2. The molecule has 5 heteroatoms. The second-order valence-corrected chi connectivity index (χ2v) is 4.08. The molecular weight excluding hydrogens is 218 g/mol. The van der Waals surface area contributed by atoms with Gasteiger partial charge in [0.2, 0.25) is 5.91 Å². The van der Waals surface area contributed by atoms with E-state index in [2.05, 4.69) is 22.6 Å². The molecule has 0 radical (unpaired) electrons. The summed E-state index contributed by atoms with van der Waals surface area (Å²) in [6.07, 6.45) is 6.09. The zero-order chi connectivity index (χ0) is 13.1. The van der Waals surface area contributed by atoms with Crippen LogP contribution in [-0.4, -0.2) is 22.5 Å². The van der Waals surface area contributed by atoms with Crippen LogP contribution in [0.3, 0.4) is 0 Å². The van der Waals surface area contributed by atoms with E-state index in [1.165, 1.54) is 19.3 Å². The van der Waals surface area contributed by atoms with Crippen molar-refractivity contribution < 1.29 is 10.0 Å². The number of nitrogens with one attached hydrogen (secondary N) is 1. The highest BCUT2D eigenvalue weighted by Crippen LogP contribution is 2.04. The van der Waals surface area contributed by atoms with Crippen molar-refractivity contribution in [2.75, 3.05) is 0 Å². The van der Waals surface area contributed by atoms with Crippen LogP contribution in [0.4, 0.5) is 0 Å². The molecule has 0 fully saturated rings. The number of oxime groups is 1. The predicted molar refractivity (Wildman–Crippen MR) is 69.5 cm³/mol. The third-order valence-electron chi connectivity index (χ3n) is 2.53. The minimum Gasteiger partial charge on any atom is -0.411 e. The van der Waals surface area contributed by atoms with Crippen LogP contribution in [0.15, 0.2) is 10.3 Å². The van der Waals surface area contributed by atoms with Crippen molar-refractivity contribution in [3.05, 3.63) is 0 Å². The molecule has 0 aromatic carbocycles. The SMILES string of the molecule is CCCCCCCC(=O)N/N=C(C)/C(C)=N/O. The summed E-state index contributed by atoms with van der Waals surface area (Å²) >= 11 is 0. The van der Waals surface area contributed by atoms with E-state index >= 15 is 0 Å². The van der Waals surface area contributed by atoms with Gasteiger partial charge in [-0.15, -0.1) is 0 Å². The van der Waals surface area contributed by atoms with E-state index in [1.807, 2.05) is 0 Å². The first-order chi connectivity index (χ1) is 8.11. The molecule has 17 heavy (non-hydrogen) atoms. The Balaban J connectivity index is 3.73. The number of rotatable bonds is 8. The fourth-order valence-corrected chi connectivity index (χ4v) is 1.24. The summed E-state index contributed by atoms with van der Waals surface area (Å²) in [4.78, 5) is 11.4. The molecule has 0 aromatic rings. The molecule has 0 rings (SSSR count). The van der Waals surface area contributed by atoms with Gasteiger partial charge in [-0.3, -0.25) is 4.79 Å². The minimum absolute atomic E-state index is 0.0911. The number of carbonyl (C=O) groups is 1. The topological polar surface area (TPSA) is 74.0 Å². The zero-order valence-corrected chi connectivity index (χ0v) is 11.0. The fraction of sp³-hybridized carbons (Fsp3) is 0.750. The molecule has 0 heterocycles. The molecule has 5 nitrogen and oxygen atoms in total. The Kier molecular flexibility index (Phi) is 9.01. The number of hydrogen-bond donors (Lipinski definition) is 2. The van der Waals surface area contributed by atoms with Gasteiger partial charge in [0.1, 0.15) is 0 Å². The van der Waals surface area contributed by atoms with Crippen LogP contribution in [0.2, 0.25) is 0 Å². The number of nitrogens with zero attached hydrogens (tertiary/aromatic N) is 2. The molecule has 0 saturated heterocycles. The number of carbonyl (C=O) groups excluding carboxylic acids is 1. The van der Waals surface area contributed by atoms with E-state index in [0.29, 0.717) is 17.8 Å². The highest BCUT2D eigenvalue weighted by molar-refractivity contribution is 6.40. The molecule has 0 aliphatic carbocycles. The van der Waals surface area contributed by atoms with Gasteiger partial charge in [-0.05, 0) is 20.3 Å². The Morgan fingerprint density at radius 2 is 1.76 bits per heavy atom. The van der Waals surface area contributed by atoms with Gasteiger partial charge >= 0.3 is 0 Å². The zero-order valence-electron chi connectivity index (χ0n) is 11.0. The quantitative estimate of drug-likeness (QED) is 0.297. The lowest BCUT2D eigenvalue weighted by molar-refractivity contribution is -0.121. The van der Waals surface area contributed by atoms with Crippen LogP contribution in [0, 0.1) is 0 Å². The summed E-state index contributed by atoms with van der Waals surface area (Å²) in [6, 6.07) is 0. The van der Waals surface area contributed by atoms with Gasteiger partial charge in [0.15, 0.2) is 0 Å². The molecule has 2 N–H and O–H groups in total. The third kappa shape index (κ3) is 8.42. The lowest BCUT2D eigenvalue weighted by atomic mass is 10.1. The van der Waals surface area contributed by atoms with E-state index in [4.69, 9.17) is 5.21 Å². The second-order valence-electron chi connectivity index (χ2n) is 4.08. The average molecular weight is 241 g/mol. The average Bonchev–Trinajstić information content (AvgIpc) is 2.34. The first kappa shape index (κ1) is 15.6. The van der Waals surface area contributed by atoms with Crippen molar-refractivity contribution in [1.82, 2.24) is 5.43 Å². The highest BCUT2D eigenvalue weighted by atomic mass is 16.4. The van der Waals surface area contributed by atoms with Crippen LogP contribution in [0.1, 0.15) is 59.3 Å². The van der Waals surface area contributed by atoms with Crippen LogP contribution >= 0.6 is 0 Å². The molecule has 0 bridgehead atoms. The first-order valence-electron chi connectivity index (χ1n) is 6.14. The Bertz CT molecular complexity index is 285. The van der Waals surface area contributed by atoms with Crippen molar-refractivity contribution >= 4 is 17.3 Å². The Morgan fingerprint density at radius 1 is 1.12 bits per heavy atom. The third-order valence-corrected chi connectivity index (χ3v) is 2.53. The van der Waals surface area contributed by atoms with Crippen LogP contribution < -0.4 is 5.43 Å². The van der Waals surface area contributed by atoms with E-state index in [9.17, 15) is 4.79 Å². The summed E-state index contributed by atoms with van der Waals surface area (Å²) in [5.41, 5.74) is 3.35. The molecule has 0 saturated carbocycles. The van der Waals surface area contributed by atoms with E-state index in [0.717, 1.165) is 12.8 Å². The molecule has 0 spiro atoms. The molecule has 0 unspecified atom stereocenters. The summed E-state index contributed by atoms with van der Waals surface area (Å²) in [5, 5.41) is 15.3. The summed E-state index contributed by atoms with van der Waals surface area (Å²) in [7, 11) is 0. The number of unbranched alkanes of at least 4 members (excludes halogenated alkanes) is 4. The maximum Gasteiger partial charge on any atom is 0.240 e. The van der Waals surface area contributed by atoms with Crippen molar-refractivity contribution in [2.45, 2.75) is 59.3 Å². The summed E-state index contributed by atoms with van der Waals surface area (Å²) in [5.74, 6) is -0.0911.